The molecule has 1 rings (SSSR count). The fourth-order valence-corrected chi connectivity index (χ4v) is 1.22. The van der Waals surface area contributed by atoms with E-state index in [1.165, 1.54) is 0 Å². The third kappa shape index (κ3) is 4.47. The number of hydrogen-bond acceptors (Lipinski definition) is 2. The van der Waals surface area contributed by atoms with Gasteiger partial charge in [0.2, 0.25) is 0 Å². The molecule has 2 atom stereocenters. The van der Waals surface area contributed by atoms with E-state index in [-0.39, 0.29) is 0 Å². The van der Waals surface area contributed by atoms with Crippen molar-refractivity contribution in [3.8, 4) is 0 Å². The zero-order valence-corrected chi connectivity index (χ0v) is 7.43. The van der Waals surface area contributed by atoms with Crippen LogP contribution in [0.2, 0.25) is 0 Å². The minimum absolute atomic E-state index is 0.381. The first kappa shape index (κ1) is 10.8. The van der Waals surface area contributed by atoms with E-state index < -0.39 is 19.1 Å². The molecule has 2 unspecified atom stereocenters. The molecule has 0 aromatic carbocycles. The van der Waals surface area contributed by atoms with Gasteiger partial charge >= 0.3 is 6.18 Å². The molecular weight excluding hydrogens is 185 g/mol. The Bertz CT molecular complexity index is 158. The van der Waals surface area contributed by atoms with Crippen LogP contribution in [0.4, 0.5) is 13.2 Å². The lowest BCUT2D eigenvalue weighted by molar-refractivity contribution is -0.241. The summed E-state index contributed by atoms with van der Waals surface area (Å²) in [6.45, 7) is 1.25. The van der Waals surface area contributed by atoms with Gasteiger partial charge in [0.15, 0.2) is 6.29 Å². The molecule has 1 heterocycles. The molecule has 0 spiro atoms. The van der Waals surface area contributed by atoms with Gasteiger partial charge < -0.3 is 9.47 Å². The van der Waals surface area contributed by atoms with Crippen molar-refractivity contribution in [2.45, 2.75) is 32.2 Å². The van der Waals surface area contributed by atoms with Crippen molar-refractivity contribution in [1.29, 1.82) is 0 Å². The molecule has 0 saturated carbocycles. The van der Waals surface area contributed by atoms with Crippen molar-refractivity contribution < 1.29 is 22.6 Å². The minimum atomic E-state index is -4.26. The second kappa shape index (κ2) is 4.28. The maximum Gasteiger partial charge on any atom is 0.411 e. The molecule has 0 aromatic rings. The fraction of sp³-hybridized carbons (Fsp3) is 1.00. The summed E-state index contributed by atoms with van der Waals surface area (Å²) in [5, 5.41) is 0. The smallest absolute Gasteiger partial charge is 0.353 e. The summed E-state index contributed by atoms with van der Waals surface area (Å²) in [5.74, 6) is 0.381. The summed E-state index contributed by atoms with van der Waals surface area (Å²) < 4.78 is 44.8. The molecule has 78 valence electrons. The first-order chi connectivity index (χ1) is 5.97. The lowest BCUT2D eigenvalue weighted by atomic mass is 10.0. The Morgan fingerprint density at radius 3 is 2.69 bits per heavy atom. The molecule has 0 aliphatic carbocycles. The maximum atomic E-state index is 11.7. The van der Waals surface area contributed by atoms with E-state index in [2.05, 4.69) is 4.74 Å². The van der Waals surface area contributed by atoms with Crippen LogP contribution in [0.5, 0.6) is 0 Å². The molecule has 1 aliphatic heterocycles. The first-order valence-electron chi connectivity index (χ1n) is 4.27. The van der Waals surface area contributed by atoms with Gasteiger partial charge in [-0.25, -0.2) is 0 Å². The Hall–Kier alpha value is -0.290. The summed E-state index contributed by atoms with van der Waals surface area (Å²) in [6.07, 6.45) is -3.49. The molecule has 2 nitrogen and oxygen atoms in total. The lowest BCUT2D eigenvalue weighted by Gasteiger charge is -2.27. The zero-order valence-electron chi connectivity index (χ0n) is 7.43. The van der Waals surface area contributed by atoms with Crippen LogP contribution in [0.3, 0.4) is 0 Å². The Morgan fingerprint density at radius 1 is 1.46 bits per heavy atom. The molecule has 13 heavy (non-hydrogen) atoms. The predicted octanol–water partition coefficient (Wildman–Crippen LogP) is 2.34. The summed E-state index contributed by atoms with van der Waals surface area (Å²) in [5.41, 5.74) is 0. The molecular formula is C8H13F3O2. The summed E-state index contributed by atoms with van der Waals surface area (Å²) in [4.78, 5) is 0. The van der Waals surface area contributed by atoms with Crippen LogP contribution in [0, 0.1) is 5.92 Å². The van der Waals surface area contributed by atoms with E-state index >= 15 is 0 Å². The zero-order chi connectivity index (χ0) is 9.90. The topological polar surface area (TPSA) is 18.5 Å². The molecule has 5 heteroatoms. The highest BCUT2D eigenvalue weighted by atomic mass is 19.4. The Labute approximate surface area is 75.0 Å². The van der Waals surface area contributed by atoms with E-state index in [1.807, 2.05) is 6.92 Å². The minimum Gasteiger partial charge on any atom is -0.353 e. The van der Waals surface area contributed by atoms with Crippen LogP contribution in [0.25, 0.3) is 0 Å². The molecule has 0 N–H and O–H groups in total. The van der Waals surface area contributed by atoms with Crippen LogP contribution in [-0.4, -0.2) is 25.7 Å². The van der Waals surface area contributed by atoms with Gasteiger partial charge in [-0.3, -0.25) is 0 Å². The van der Waals surface area contributed by atoms with Gasteiger partial charge in [-0.2, -0.15) is 13.2 Å². The monoisotopic (exact) mass is 198 g/mol. The first-order valence-corrected chi connectivity index (χ1v) is 4.27. The number of rotatable bonds is 2. The summed E-state index contributed by atoms with van der Waals surface area (Å²) in [7, 11) is 0. The van der Waals surface area contributed by atoms with Crippen LogP contribution in [0.1, 0.15) is 19.8 Å². The molecule has 0 radical (unpaired) electrons. The van der Waals surface area contributed by atoms with Gasteiger partial charge in [-0.05, 0) is 12.3 Å². The molecule has 0 amide bonds. The van der Waals surface area contributed by atoms with Gasteiger partial charge in [0.1, 0.15) is 6.61 Å². The third-order valence-electron chi connectivity index (χ3n) is 1.94. The highest BCUT2D eigenvalue weighted by Crippen LogP contribution is 2.22. The number of hydrogen-bond donors (Lipinski definition) is 0. The van der Waals surface area contributed by atoms with Crippen LogP contribution in [0.15, 0.2) is 0 Å². The normalized spacial score (nSPS) is 30.5. The van der Waals surface area contributed by atoms with Crippen molar-refractivity contribution in [2.24, 2.45) is 5.92 Å². The molecule has 1 aliphatic rings. The number of halogens is 3. The van der Waals surface area contributed by atoms with Gasteiger partial charge in [0.05, 0.1) is 0 Å². The predicted molar refractivity (Wildman–Crippen MR) is 40.1 cm³/mol. The summed E-state index contributed by atoms with van der Waals surface area (Å²) >= 11 is 0. The van der Waals surface area contributed by atoms with Crippen molar-refractivity contribution in [3.05, 3.63) is 0 Å². The van der Waals surface area contributed by atoms with E-state index in [1.54, 1.807) is 0 Å². The number of ether oxygens (including phenoxy) is 2. The van der Waals surface area contributed by atoms with Crippen molar-refractivity contribution in [3.63, 3.8) is 0 Å². The van der Waals surface area contributed by atoms with Crippen LogP contribution >= 0.6 is 0 Å². The highest BCUT2D eigenvalue weighted by molar-refractivity contribution is 4.62. The van der Waals surface area contributed by atoms with E-state index in [4.69, 9.17) is 4.74 Å². The second-order valence-corrected chi connectivity index (χ2v) is 3.36. The summed E-state index contributed by atoms with van der Waals surface area (Å²) in [6, 6.07) is 0. The van der Waals surface area contributed by atoms with Crippen molar-refractivity contribution in [1.82, 2.24) is 0 Å². The quantitative estimate of drug-likeness (QED) is 0.678. The SMILES string of the molecule is CC1CCOC(OCC(F)(F)F)C1. The van der Waals surface area contributed by atoms with Gasteiger partial charge in [-0.1, -0.05) is 6.92 Å². The molecule has 0 aromatic heterocycles. The van der Waals surface area contributed by atoms with Gasteiger partial charge in [-0.15, -0.1) is 0 Å². The fourth-order valence-electron chi connectivity index (χ4n) is 1.22. The van der Waals surface area contributed by atoms with Crippen LogP contribution in [-0.2, 0) is 9.47 Å². The average molecular weight is 198 g/mol. The molecule has 1 saturated heterocycles. The lowest BCUT2D eigenvalue weighted by Crippen LogP contribution is -2.30. The average Bonchev–Trinajstić information content (AvgIpc) is 2.00. The molecule has 0 bridgehead atoms. The maximum absolute atomic E-state index is 11.7. The Morgan fingerprint density at radius 2 is 2.15 bits per heavy atom. The van der Waals surface area contributed by atoms with Crippen molar-refractivity contribution >= 4 is 0 Å². The van der Waals surface area contributed by atoms with Crippen LogP contribution < -0.4 is 0 Å². The third-order valence-corrected chi connectivity index (χ3v) is 1.94. The second-order valence-electron chi connectivity index (χ2n) is 3.36. The van der Waals surface area contributed by atoms with E-state index in [9.17, 15) is 13.2 Å². The van der Waals surface area contributed by atoms with Gasteiger partial charge in [0.25, 0.3) is 0 Å². The van der Waals surface area contributed by atoms with Crippen molar-refractivity contribution in [2.75, 3.05) is 13.2 Å². The van der Waals surface area contributed by atoms with E-state index in [0.717, 1.165) is 6.42 Å². The standard InChI is InChI=1S/C8H13F3O2/c1-6-2-3-12-7(4-6)13-5-8(9,10)11/h6-7H,2-5H2,1H3. The Balaban J connectivity index is 2.21. The Kier molecular flexibility index (Phi) is 3.55. The van der Waals surface area contributed by atoms with Gasteiger partial charge in [0, 0.05) is 13.0 Å². The largest absolute Gasteiger partial charge is 0.411 e. The van der Waals surface area contributed by atoms with E-state index in [0.29, 0.717) is 18.9 Å². The number of alkyl halides is 3. The molecule has 1 fully saturated rings. The highest BCUT2D eigenvalue weighted by Gasteiger charge is 2.30.